The Morgan fingerprint density at radius 3 is 3.00 bits per heavy atom. The number of nitrogens with one attached hydrogen (secondary N) is 2. The van der Waals surface area contributed by atoms with Gasteiger partial charge in [0.05, 0.1) is 18.1 Å². The molecule has 0 aromatic carbocycles. The third kappa shape index (κ3) is 2.13. The summed E-state index contributed by atoms with van der Waals surface area (Å²) in [6, 6.07) is 0. The number of thiocarbonyl (C=S) groups is 1. The highest BCUT2D eigenvalue weighted by atomic mass is 32.1. The van der Waals surface area contributed by atoms with Crippen LogP contribution in [0.1, 0.15) is 25.7 Å². The average Bonchev–Trinajstić information content (AvgIpc) is 2.36. The molecule has 0 aromatic heterocycles. The van der Waals surface area contributed by atoms with Crippen molar-refractivity contribution >= 4 is 23.2 Å². The summed E-state index contributed by atoms with van der Waals surface area (Å²) in [4.78, 5) is 11.9. The Balaban J connectivity index is 1.72. The van der Waals surface area contributed by atoms with Gasteiger partial charge in [-0.05, 0) is 37.4 Å². The molecule has 18 heavy (non-hydrogen) atoms. The van der Waals surface area contributed by atoms with Gasteiger partial charge in [-0.3, -0.25) is 4.79 Å². The molecule has 5 nitrogen and oxygen atoms in total. The molecule has 6 heteroatoms. The lowest BCUT2D eigenvalue weighted by atomic mass is 9.76. The third-order valence-corrected chi connectivity index (χ3v) is 4.52. The number of hydrogen-bond donors (Lipinski definition) is 2. The Bertz CT molecular complexity index is 376. The van der Waals surface area contributed by atoms with E-state index in [2.05, 4.69) is 10.6 Å². The molecular formula is C12H18N2O3S. The van der Waals surface area contributed by atoms with Gasteiger partial charge in [0.25, 0.3) is 0 Å². The highest BCUT2D eigenvalue weighted by Crippen LogP contribution is 2.39. The first-order valence-electron chi connectivity index (χ1n) is 6.47. The van der Waals surface area contributed by atoms with Crippen LogP contribution in [0.3, 0.4) is 0 Å². The first-order chi connectivity index (χ1) is 8.67. The van der Waals surface area contributed by atoms with Gasteiger partial charge in [-0.15, -0.1) is 0 Å². The lowest BCUT2D eigenvalue weighted by molar-refractivity contribution is -0.168. The van der Waals surface area contributed by atoms with Crippen molar-refractivity contribution in [2.45, 2.75) is 44.1 Å². The molecule has 0 bridgehead atoms. The van der Waals surface area contributed by atoms with E-state index in [9.17, 15) is 4.79 Å². The largest absolute Gasteiger partial charge is 0.381 e. The average molecular weight is 270 g/mol. The number of methoxy groups -OCH3 is 1. The van der Waals surface area contributed by atoms with Crippen molar-refractivity contribution in [1.29, 1.82) is 0 Å². The number of rotatable bonds is 1. The summed E-state index contributed by atoms with van der Waals surface area (Å²) in [6.45, 7) is 0. The van der Waals surface area contributed by atoms with Gasteiger partial charge >= 0.3 is 0 Å². The maximum atomic E-state index is 11.9. The van der Waals surface area contributed by atoms with Crippen molar-refractivity contribution in [2.24, 2.45) is 11.8 Å². The minimum Gasteiger partial charge on any atom is -0.381 e. The Morgan fingerprint density at radius 2 is 2.22 bits per heavy atom. The second-order valence-electron chi connectivity index (χ2n) is 5.33. The zero-order chi connectivity index (χ0) is 12.7. The molecule has 1 saturated carbocycles. The van der Waals surface area contributed by atoms with Crippen molar-refractivity contribution in [3.05, 3.63) is 0 Å². The van der Waals surface area contributed by atoms with Gasteiger partial charge in [-0.2, -0.15) is 0 Å². The molecule has 1 aliphatic carbocycles. The highest BCUT2D eigenvalue weighted by molar-refractivity contribution is 7.80. The summed E-state index contributed by atoms with van der Waals surface area (Å²) in [6.07, 6.45) is 4.14. The standard InChI is InChI=1S/C12H18N2O3S/c1-16-7-3-2-6-4-8-10(15)13-12(18)14-11(8)17-9(6)5-7/h6-9,11H,2-5H2,1H3,(H2,13,14,15,18). The summed E-state index contributed by atoms with van der Waals surface area (Å²) >= 11 is 5.00. The van der Waals surface area contributed by atoms with Crippen LogP contribution >= 0.6 is 12.2 Å². The minimum atomic E-state index is -0.261. The SMILES string of the molecule is COC1CCC2CC3C(=O)NC(=S)NC3OC2C1. The zero-order valence-electron chi connectivity index (χ0n) is 10.3. The normalized spacial score (nSPS) is 43.5. The van der Waals surface area contributed by atoms with Gasteiger partial charge in [0, 0.05) is 13.5 Å². The van der Waals surface area contributed by atoms with Crippen molar-refractivity contribution in [2.75, 3.05) is 7.11 Å². The van der Waals surface area contributed by atoms with Crippen LogP contribution in [0.4, 0.5) is 0 Å². The molecule has 2 heterocycles. The molecular weight excluding hydrogens is 252 g/mol. The van der Waals surface area contributed by atoms with Crippen LogP contribution in [0.15, 0.2) is 0 Å². The van der Waals surface area contributed by atoms with Crippen molar-refractivity contribution in [1.82, 2.24) is 10.6 Å². The zero-order valence-corrected chi connectivity index (χ0v) is 11.2. The second kappa shape index (κ2) is 4.75. The van der Waals surface area contributed by atoms with Crippen LogP contribution in [0.5, 0.6) is 0 Å². The Kier molecular flexibility index (Phi) is 3.25. The number of carbonyl (C=O) groups excluding carboxylic acids is 1. The van der Waals surface area contributed by atoms with Gasteiger partial charge in [0.1, 0.15) is 6.23 Å². The van der Waals surface area contributed by atoms with Gasteiger partial charge < -0.3 is 20.1 Å². The van der Waals surface area contributed by atoms with E-state index < -0.39 is 0 Å². The van der Waals surface area contributed by atoms with Crippen LogP contribution < -0.4 is 10.6 Å². The molecule has 2 aliphatic heterocycles. The highest BCUT2D eigenvalue weighted by Gasteiger charge is 2.46. The van der Waals surface area contributed by atoms with Gasteiger partial charge in [0.15, 0.2) is 5.11 Å². The molecule has 3 aliphatic rings. The van der Waals surface area contributed by atoms with Crippen LogP contribution in [-0.2, 0) is 14.3 Å². The van der Waals surface area contributed by atoms with Crippen LogP contribution in [-0.4, -0.2) is 36.6 Å². The summed E-state index contributed by atoms with van der Waals surface area (Å²) in [5.74, 6) is 0.352. The molecule has 5 unspecified atom stereocenters. The van der Waals surface area contributed by atoms with E-state index >= 15 is 0 Å². The summed E-state index contributed by atoms with van der Waals surface area (Å²) in [7, 11) is 1.75. The van der Waals surface area contributed by atoms with E-state index in [1.165, 1.54) is 0 Å². The fourth-order valence-electron chi connectivity index (χ4n) is 3.29. The van der Waals surface area contributed by atoms with E-state index in [0.29, 0.717) is 11.0 Å². The molecule has 2 saturated heterocycles. The van der Waals surface area contributed by atoms with Crippen LogP contribution in [0.2, 0.25) is 0 Å². The fraction of sp³-hybridized carbons (Fsp3) is 0.833. The Morgan fingerprint density at radius 1 is 1.39 bits per heavy atom. The quantitative estimate of drug-likeness (QED) is 0.681. The molecule has 0 aromatic rings. The summed E-state index contributed by atoms with van der Waals surface area (Å²) in [5, 5.41) is 6.10. The topological polar surface area (TPSA) is 59.6 Å². The predicted molar refractivity (Wildman–Crippen MR) is 68.8 cm³/mol. The monoisotopic (exact) mass is 270 g/mol. The molecule has 1 amide bonds. The molecule has 3 fully saturated rings. The maximum Gasteiger partial charge on any atom is 0.233 e. The molecule has 0 spiro atoms. The number of fused-ring (bicyclic) bond motifs is 2. The first-order valence-corrected chi connectivity index (χ1v) is 6.88. The smallest absolute Gasteiger partial charge is 0.233 e. The molecule has 100 valence electrons. The number of carbonyl (C=O) groups is 1. The number of ether oxygens (including phenoxy) is 2. The molecule has 0 radical (unpaired) electrons. The Hall–Kier alpha value is -0.720. The van der Waals surface area contributed by atoms with E-state index in [0.717, 1.165) is 25.7 Å². The minimum absolute atomic E-state index is 0.00364. The van der Waals surface area contributed by atoms with Gasteiger partial charge in [-0.1, -0.05) is 0 Å². The van der Waals surface area contributed by atoms with E-state index in [1.807, 2.05) is 0 Å². The lowest BCUT2D eigenvalue weighted by Gasteiger charge is -2.46. The second-order valence-corrected chi connectivity index (χ2v) is 5.74. The van der Waals surface area contributed by atoms with E-state index in [-0.39, 0.29) is 30.3 Å². The van der Waals surface area contributed by atoms with Crippen LogP contribution in [0.25, 0.3) is 0 Å². The molecule has 5 atom stereocenters. The van der Waals surface area contributed by atoms with Crippen LogP contribution in [0, 0.1) is 11.8 Å². The molecule has 2 N–H and O–H groups in total. The Labute approximate surface area is 112 Å². The van der Waals surface area contributed by atoms with Crippen molar-refractivity contribution < 1.29 is 14.3 Å². The van der Waals surface area contributed by atoms with Crippen molar-refractivity contribution in [3.63, 3.8) is 0 Å². The summed E-state index contributed by atoms with van der Waals surface area (Å²) in [5.41, 5.74) is 0. The van der Waals surface area contributed by atoms with E-state index in [4.69, 9.17) is 21.7 Å². The van der Waals surface area contributed by atoms with Gasteiger partial charge in [0.2, 0.25) is 5.91 Å². The van der Waals surface area contributed by atoms with Gasteiger partial charge in [-0.25, -0.2) is 0 Å². The lowest BCUT2D eigenvalue weighted by Crippen LogP contribution is -2.63. The predicted octanol–water partition coefficient (Wildman–Crippen LogP) is 0.537. The first kappa shape index (κ1) is 12.3. The number of hydrogen-bond acceptors (Lipinski definition) is 4. The van der Waals surface area contributed by atoms with Crippen molar-refractivity contribution in [3.8, 4) is 0 Å². The molecule has 3 rings (SSSR count). The maximum absolute atomic E-state index is 11.9. The van der Waals surface area contributed by atoms with E-state index in [1.54, 1.807) is 7.11 Å². The summed E-state index contributed by atoms with van der Waals surface area (Å²) < 4.78 is 11.4. The number of amides is 1. The fourth-order valence-corrected chi connectivity index (χ4v) is 3.50. The third-order valence-electron chi connectivity index (χ3n) is 4.30.